The molecule has 0 aliphatic rings. The molecule has 1 aromatic carbocycles. The van der Waals surface area contributed by atoms with E-state index in [1.165, 1.54) is 12.1 Å². The molecule has 0 spiro atoms. The van der Waals surface area contributed by atoms with E-state index in [2.05, 4.69) is 16.8 Å². The normalized spacial score (nSPS) is 10.5. The summed E-state index contributed by atoms with van der Waals surface area (Å²) < 4.78 is 15.5. The fourth-order valence-electron chi connectivity index (χ4n) is 2.09. The van der Waals surface area contributed by atoms with E-state index in [1.807, 2.05) is 18.3 Å². The summed E-state index contributed by atoms with van der Waals surface area (Å²) in [5.41, 5.74) is 6.84. The second kappa shape index (κ2) is 6.23. The van der Waals surface area contributed by atoms with E-state index in [4.69, 9.17) is 5.73 Å². The Morgan fingerprint density at radius 1 is 1.40 bits per heavy atom. The Balaban J connectivity index is 2.09. The number of primary amides is 1. The number of nitrogens with two attached hydrogens (primary N) is 1. The second-order valence-corrected chi connectivity index (χ2v) is 4.61. The molecule has 0 fully saturated rings. The predicted octanol–water partition coefficient (Wildman–Crippen LogP) is 2.75. The fourth-order valence-corrected chi connectivity index (χ4v) is 2.09. The van der Waals surface area contributed by atoms with E-state index in [1.54, 1.807) is 6.07 Å². The molecule has 0 radical (unpaired) electrons. The number of amides is 1. The van der Waals surface area contributed by atoms with Gasteiger partial charge in [0.25, 0.3) is 5.91 Å². The van der Waals surface area contributed by atoms with Crippen molar-refractivity contribution >= 4 is 11.6 Å². The van der Waals surface area contributed by atoms with E-state index in [0.29, 0.717) is 12.2 Å². The Kier molecular flexibility index (Phi) is 4.40. The van der Waals surface area contributed by atoms with Crippen LogP contribution in [0.2, 0.25) is 0 Å². The average Bonchev–Trinajstić information content (AvgIpc) is 2.85. The van der Waals surface area contributed by atoms with Crippen LogP contribution < -0.4 is 11.1 Å². The van der Waals surface area contributed by atoms with Crippen molar-refractivity contribution < 1.29 is 9.18 Å². The Morgan fingerprint density at radius 3 is 2.90 bits per heavy atom. The van der Waals surface area contributed by atoms with Gasteiger partial charge in [-0.1, -0.05) is 6.92 Å². The van der Waals surface area contributed by atoms with Crippen LogP contribution in [0.15, 0.2) is 36.5 Å². The zero-order valence-corrected chi connectivity index (χ0v) is 11.4. The quantitative estimate of drug-likeness (QED) is 0.851. The van der Waals surface area contributed by atoms with E-state index in [9.17, 15) is 9.18 Å². The van der Waals surface area contributed by atoms with Crippen LogP contribution in [0.4, 0.5) is 10.1 Å². The minimum absolute atomic E-state index is 0.0982. The number of rotatable bonds is 6. The van der Waals surface area contributed by atoms with Gasteiger partial charge in [0.05, 0.1) is 12.1 Å². The third-order valence-corrected chi connectivity index (χ3v) is 3.09. The number of nitrogens with one attached hydrogen (secondary N) is 1. The number of hydrogen-bond acceptors (Lipinski definition) is 2. The lowest BCUT2D eigenvalue weighted by molar-refractivity contribution is 0.0996. The fraction of sp³-hybridized carbons (Fsp3) is 0.267. The number of aromatic nitrogens is 1. The third-order valence-electron chi connectivity index (χ3n) is 3.09. The summed E-state index contributed by atoms with van der Waals surface area (Å²) in [7, 11) is 0. The maximum atomic E-state index is 13.4. The number of aryl methyl sites for hydroxylation is 1. The summed E-state index contributed by atoms with van der Waals surface area (Å²) in [6.07, 6.45) is 3.09. The smallest absolute Gasteiger partial charge is 0.251 e. The van der Waals surface area contributed by atoms with Crippen LogP contribution in [0.5, 0.6) is 0 Å². The summed E-state index contributed by atoms with van der Waals surface area (Å²) in [5, 5.41) is 3.17. The Labute approximate surface area is 117 Å². The van der Waals surface area contributed by atoms with E-state index < -0.39 is 11.7 Å². The molecule has 1 heterocycles. The molecule has 1 amide bonds. The van der Waals surface area contributed by atoms with E-state index in [-0.39, 0.29) is 5.56 Å². The van der Waals surface area contributed by atoms with Gasteiger partial charge in [0.1, 0.15) is 5.82 Å². The molecule has 0 saturated carbocycles. The van der Waals surface area contributed by atoms with Crippen molar-refractivity contribution in [1.29, 1.82) is 0 Å². The molecule has 20 heavy (non-hydrogen) atoms. The van der Waals surface area contributed by atoms with Crippen molar-refractivity contribution in [3.63, 3.8) is 0 Å². The number of halogens is 1. The third kappa shape index (κ3) is 3.17. The second-order valence-electron chi connectivity index (χ2n) is 4.61. The van der Waals surface area contributed by atoms with Crippen LogP contribution in [0, 0.1) is 5.82 Å². The van der Waals surface area contributed by atoms with Gasteiger partial charge in [-0.2, -0.15) is 0 Å². The molecule has 5 heteroatoms. The number of anilines is 1. The van der Waals surface area contributed by atoms with Crippen molar-refractivity contribution in [2.24, 2.45) is 5.73 Å². The molecule has 0 aliphatic heterocycles. The highest BCUT2D eigenvalue weighted by Gasteiger charge is 2.09. The van der Waals surface area contributed by atoms with Gasteiger partial charge in [0, 0.05) is 24.1 Å². The molecule has 0 atom stereocenters. The maximum Gasteiger partial charge on any atom is 0.251 e. The number of carbonyl (C=O) groups excluding carboxylic acids is 1. The lowest BCUT2D eigenvalue weighted by Gasteiger charge is -2.11. The zero-order valence-electron chi connectivity index (χ0n) is 11.4. The van der Waals surface area contributed by atoms with Gasteiger partial charge in [-0.15, -0.1) is 0 Å². The highest BCUT2D eigenvalue weighted by atomic mass is 19.1. The molecule has 0 aliphatic carbocycles. The molecule has 2 aromatic rings. The minimum Gasteiger partial charge on any atom is -0.379 e. The number of benzene rings is 1. The molecule has 0 unspecified atom stereocenters. The molecular formula is C15H18FN3O. The van der Waals surface area contributed by atoms with Crippen LogP contribution in [-0.2, 0) is 13.1 Å². The summed E-state index contributed by atoms with van der Waals surface area (Å²) in [4.78, 5) is 11.1. The first-order valence-electron chi connectivity index (χ1n) is 6.59. The molecule has 4 nitrogen and oxygen atoms in total. The Bertz CT molecular complexity index is 607. The zero-order chi connectivity index (χ0) is 14.5. The topological polar surface area (TPSA) is 60.1 Å². The number of carbonyl (C=O) groups is 1. The van der Waals surface area contributed by atoms with Gasteiger partial charge in [-0.25, -0.2) is 4.39 Å². The van der Waals surface area contributed by atoms with Crippen molar-refractivity contribution in [2.45, 2.75) is 26.4 Å². The van der Waals surface area contributed by atoms with Gasteiger partial charge < -0.3 is 15.6 Å². The Hall–Kier alpha value is -2.30. The number of nitrogens with zero attached hydrogens (tertiary/aromatic N) is 1. The first kappa shape index (κ1) is 14.1. The molecule has 0 saturated heterocycles. The lowest BCUT2D eigenvalue weighted by atomic mass is 10.1. The lowest BCUT2D eigenvalue weighted by Crippen LogP contribution is -2.14. The largest absolute Gasteiger partial charge is 0.379 e. The van der Waals surface area contributed by atoms with Crippen LogP contribution >= 0.6 is 0 Å². The van der Waals surface area contributed by atoms with Gasteiger partial charge in [-0.3, -0.25) is 4.79 Å². The SMILES string of the molecule is CCCn1cccc1CNc1ccc(F)c(C(N)=O)c1. The average molecular weight is 275 g/mol. The highest BCUT2D eigenvalue weighted by molar-refractivity contribution is 5.94. The van der Waals surface area contributed by atoms with Crippen molar-refractivity contribution in [3.8, 4) is 0 Å². The summed E-state index contributed by atoms with van der Waals surface area (Å²) in [6.45, 7) is 3.69. The van der Waals surface area contributed by atoms with Crippen molar-refractivity contribution in [3.05, 3.63) is 53.6 Å². The predicted molar refractivity (Wildman–Crippen MR) is 77.0 cm³/mol. The highest BCUT2D eigenvalue weighted by Crippen LogP contribution is 2.15. The van der Waals surface area contributed by atoms with Crippen LogP contribution in [0.3, 0.4) is 0 Å². The first-order valence-corrected chi connectivity index (χ1v) is 6.59. The van der Waals surface area contributed by atoms with Gasteiger partial charge in [0.15, 0.2) is 0 Å². The maximum absolute atomic E-state index is 13.4. The summed E-state index contributed by atoms with van der Waals surface area (Å²) in [6, 6.07) is 8.29. The van der Waals surface area contributed by atoms with Crippen LogP contribution in [-0.4, -0.2) is 10.5 Å². The van der Waals surface area contributed by atoms with Crippen LogP contribution in [0.25, 0.3) is 0 Å². The Morgan fingerprint density at radius 2 is 2.20 bits per heavy atom. The molecular weight excluding hydrogens is 257 g/mol. The van der Waals surface area contributed by atoms with Crippen molar-refractivity contribution in [2.75, 3.05) is 5.32 Å². The first-order chi connectivity index (χ1) is 9.61. The number of hydrogen-bond donors (Lipinski definition) is 2. The van der Waals surface area contributed by atoms with Crippen molar-refractivity contribution in [1.82, 2.24) is 4.57 Å². The van der Waals surface area contributed by atoms with Crippen LogP contribution in [0.1, 0.15) is 29.4 Å². The minimum atomic E-state index is -0.763. The van der Waals surface area contributed by atoms with E-state index >= 15 is 0 Å². The molecule has 0 bridgehead atoms. The van der Waals surface area contributed by atoms with Gasteiger partial charge in [0.2, 0.25) is 0 Å². The molecule has 3 N–H and O–H groups in total. The molecule has 106 valence electrons. The summed E-state index contributed by atoms with van der Waals surface area (Å²) in [5.74, 6) is -1.36. The van der Waals surface area contributed by atoms with Gasteiger partial charge in [-0.05, 0) is 36.8 Å². The standard InChI is InChI=1S/C15H18FN3O/c1-2-7-19-8-3-4-12(19)10-18-11-5-6-14(16)13(9-11)15(17)20/h3-6,8-9,18H,2,7,10H2,1H3,(H2,17,20). The van der Waals surface area contributed by atoms with E-state index in [0.717, 1.165) is 18.7 Å². The molecule has 1 aromatic heterocycles. The van der Waals surface area contributed by atoms with Gasteiger partial charge >= 0.3 is 0 Å². The summed E-state index contributed by atoms with van der Waals surface area (Å²) >= 11 is 0. The molecule has 2 rings (SSSR count). The monoisotopic (exact) mass is 275 g/mol.